The lowest BCUT2D eigenvalue weighted by atomic mass is 10.1. The minimum atomic E-state index is -0.895. The van der Waals surface area contributed by atoms with E-state index in [1.807, 2.05) is 31.2 Å². The summed E-state index contributed by atoms with van der Waals surface area (Å²) in [5.41, 5.74) is 2.36. The van der Waals surface area contributed by atoms with E-state index < -0.39 is 23.9 Å². The molecule has 2 aliphatic rings. The van der Waals surface area contributed by atoms with Crippen molar-refractivity contribution in [1.82, 2.24) is 15.1 Å². The molecule has 156 valence electrons. The predicted molar refractivity (Wildman–Crippen MR) is 108 cm³/mol. The highest BCUT2D eigenvalue weighted by molar-refractivity contribution is 6.25. The number of hydrogen-bond donors (Lipinski definition) is 0. The maximum Gasteiger partial charge on any atom is 0.263 e. The molecular weight excluding hydrogens is 400 g/mol. The van der Waals surface area contributed by atoms with Gasteiger partial charge in [-0.05, 0) is 37.3 Å². The molecule has 0 radical (unpaired) electrons. The Bertz CT molecular complexity index is 1190. The van der Waals surface area contributed by atoms with Gasteiger partial charge < -0.3 is 9.26 Å². The van der Waals surface area contributed by atoms with Gasteiger partial charge in [-0.1, -0.05) is 34.1 Å². The van der Waals surface area contributed by atoms with Crippen molar-refractivity contribution in [3.63, 3.8) is 0 Å². The van der Waals surface area contributed by atoms with Crippen LogP contribution in [0, 0.1) is 6.92 Å². The number of methoxy groups -OCH3 is 1. The molecule has 10 nitrogen and oxygen atoms in total. The molecule has 0 N–H and O–H groups in total. The van der Waals surface area contributed by atoms with Crippen molar-refractivity contribution in [2.24, 2.45) is 10.3 Å². The second kappa shape index (κ2) is 7.31. The minimum absolute atomic E-state index is 0.0684. The van der Waals surface area contributed by atoms with Gasteiger partial charge in [-0.15, -0.1) is 0 Å². The normalized spacial score (nSPS) is 19.9. The number of hydrogen-bond acceptors (Lipinski definition) is 9. The molecule has 0 unspecified atom stereocenters. The standard InChI is InChI=1S/C21H18N6O4/c1-12-4-3-5-13(10-12)19-22-16(31-24-19)11-26-18-17(23-25-26)20(28)27(21(18)29)14-6-8-15(30-2)9-7-14/h3-10,17-18H,11H2,1-2H3/t17-,18+/m0/s1. The lowest BCUT2D eigenvalue weighted by Crippen LogP contribution is -2.39. The first-order valence-electron chi connectivity index (χ1n) is 9.64. The SMILES string of the molecule is COc1ccc(N2C(=O)[C@H]3N=NN(Cc4nc(-c5cccc(C)c5)no4)[C@H]3C2=O)cc1. The smallest absolute Gasteiger partial charge is 0.263 e. The van der Waals surface area contributed by atoms with Crippen molar-refractivity contribution in [1.29, 1.82) is 0 Å². The summed E-state index contributed by atoms with van der Waals surface area (Å²) in [6, 6.07) is 12.7. The summed E-state index contributed by atoms with van der Waals surface area (Å²) >= 11 is 0. The van der Waals surface area contributed by atoms with Gasteiger partial charge in [0, 0.05) is 5.56 Å². The fourth-order valence-electron chi connectivity index (χ4n) is 3.70. The molecule has 0 aliphatic carbocycles. The zero-order valence-electron chi connectivity index (χ0n) is 16.8. The fourth-order valence-corrected chi connectivity index (χ4v) is 3.70. The van der Waals surface area contributed by atoms with Crippen molar-refractivity contribution in [3.8, 4) is 17.1 Å². The Morgan fingerprint density at radius 1 is 1.10 bits per heavy atom. The Kier molecular flexibility index (Phi) is 4.46. The third kappa shape index (κ3) is 3.21. The number of carbonyl (C=O) groups is 2. The Hall–Kier alpha value is -4.08. The molecule has 2 amide bonds. The lowest BCUT2D eigenvalue weighted by molar-refractivity contribution is -0.123. The van der Waals surface area contributed by atoms with Crippen LogP contribution >= 0.6 is 0 Å². The van der Waals surface area contributed by atoms with Gasteiger partial charge in [-0.3, -0.25) is 14.6 Å². The van der Waals surface area contributed by atoms with Gasteiger partial charge in [0.25, 0.3) is 11.8 Å². The largest absolute Gasteiger partial charge is 0.497 e. The first kappa shape index (κ1) is 18.9. The molecule has 0 saturated carbocycles. The molecule has 2 aliphatic heterocycles. The number of aromatic nitrogens is 2. The van der Waals surface area contributed by atoms with Crippen molar-refractivity contribution in [3.05, 3.63) is 60.0 Å². The Morgan fingerprint density at radius 3 is 2.65 bits per heavy atom. The molecule has 1 saturated heterocycles. The van der Waals surface area contributed by atoms with Crippen LogP contribution in [-0.4, -0.2) is 46.2 Å². The zero-order chi connectivity index (χ0) is 21.5. The van der Waals surface area contributed by atoms with Gasteiger partial charge in [0.1, 0.15) is 12.3 Å². The predicted octanol–water partition coefficient (Wildman–Crippen LogP) is 2.55. The number of ether oxygens (including phenoxy) is 1. The molecule has 3 aromatic rings. The number of aryl methyl sites for hydroxylation is 1. The number of anilines is 1. The molecular formula is C21H18N6O4. The first-order valence-corrected chi connectivity index (χ1v) is 9.64. The van der Waals surface area contributed by atoms with Crippen molar-refractivity contribution >= 4 is 17.5 Å². The van der Waals surface area contributed by atoms with E-state index in [4.69, 9.17) is 9.26 Å². The number of rotatable bonds is 5. The third-order valence-corrected chi connectivity index (χ3v) is 5.23. The Labute approximate surface area is 177 Å². The number of carbonyl (C=O) groups excluding carboxylic acids is 2. The zero-order valence-corrected chi connectivity index (χ0v) is 16.8. The highest BCUT2D eigenvalue weighted by atomic mass is 16.5. The number of imide groups is 1. The summed E-state index contributed by atoms with van der Waals surface area (Å²) in [4.78, 5) is 31.4. The van der Waals surface area contributed by atoms with Crippen molar-refractivity contribution < 1.29 is 18.8 Å². The van der Waals surface area contributed by atoms with Crippen LogP contribution in [0.2, 0.25) is 0 Å². The quantitative estimate of drug-likeness (QED) is 0.585. The van der Waals surface area contributed by atoms with E-state index in [0.29, 0.717) is 17.3 Å². The summed E-state index contributed by atoms with van der Waals surface area (Å²) in [5.74, 6) is 0.533. The van der Waals surface area contributed by atoms with Crippen LogP contribution in [0.15, 0.2) is 63.4 Å². The molecule has 31 heavy (non-hydrogen) atoms. The summed E-state index contributed by atoms with van der Waals surface area (Å²) < 4.78 is 10.5. The number of benzene rings is 2. The lowest BCUT2D eigenvalue weighted by Gasteiger charge is -2.19. The summed E-state index contributed by atoms with van der Waals surface area (Å²) in [7, 11) is 1.55. The highest BCUT2D eigenvalue weighted by Crippen LogP contribution is 2.33. The van der Waals surface area contributed by atoms with Gasteiger partial charge >= 0.3 is 0 Å². The average molecular weight is 418 g/mol. The molecule has 0 bridgehead atoms. The Balaban J connectivity index is 1.35. The van der Waals surface area contributed by atoms with Gasteiger partial charge in [0.05, 0.1) is 12.8 Å². The molecule has 0 spiro atoms. The van der Waals surface area contributed by atoms with Gasteiger partial charge in [0.2, 0.25) is 11.7 Å². The van der Waals surface area contributed by atoms with Crippen LogP contribution in [0.3, 0.4) is 0 Å². The van der Waals surface area contributed by atoms with Crippen LogP contribution in [0.1, 0.15) is 11.5 Å². The van der Waals surface area contributed by atoms with Crippen LogP contribution < -0.4 is 9.64 Å². The topological polar surface area (TPSA) is 113 Å². The Morgan fingerprint density at radius 2 is 1.90 bits per heavy atom. The maximum absolute atomic E-state index is 13.1. The maximum atomic E-state index is 13.1. The molecule has 10 heteroatoms. The van der Waals surface area contributed by atoms with Crippen molar-refractivity contribution in [2.45, 2.75) is 25.6 Å². The summed E-state index contributed by atoms with van der Waals surface area (Å²) in [6.07, 6.45) is 0. The van der Waals surface area contributed by atoms with Crippen molar-refractivity contribution in [2.75, 3.05) is 12.0 Å². The second-order valence-electron chi connectivity index (χ2n) is 7.28. The van der Waals surface area contributed by atoms with Gasteiger partial charge in [0.15, 0.2) is 12.1 Å². The second-order valence-corrected chi connectivity index (χ2v) is 7.28. The van der Waals surface area contributed by atoms with E-state index in [-0.39, 0.29) is 12.4 Å². The van der Waals surface area contributed by atoms with E-state index in [1.54, 1.807) is 31.4 Å². The van der Waals surface area contributed by atoms with Crippen LogP contribution in [0.5, 0.6) is 5.75 Å². The average Bonchev–Trinajstić information content (AvgIpc) is 3.47. The molecule has 2 aromatic carbocycles. The summed E-state index contributed by atoms with van der Waals surface area (Å²) in [5, 5.41) is 13.5. The fraction of sp³-hybridized carbons (Fsp3) is 0.238. The summed E-state index contributed by atoms with van der Waals surface area (Å²) in [6.45, 7) is 2.05. The third-order valence-electron chi connectivity index (χ3n) is 5.23. The number of nitrogens with zero attached hydrogens (tertiary/aromatic N) is 6. The van der Waals surface area contributed by atoms with E-state index in [1.165, 1.54) is 5.01 Å². The molecule has 2 atom stereocenters. The van der Waals surface area contributed by atoms with Gasteiger partial charge in [-0.25, -0.2) is 4.90 Å². The van der Waals surface area contributed by atoms with Gasteiger partial charge in [-0.2, -0.15) is 10.1 Å². The minimum Gasteiger partial charge on any atom is -0.497 e. The van der Waals surface area contributed by atoms with Crippen LogP contribution in [0.4, 0.5) is 5.69 Å². The molecule has 1 aromatic heterocycles. The molecule has 1 fully saturated rings. The van der Waals surface area contributed by atoms with E-state index in [2.05, 4.69) is 20.5 Å². The monoisotopic (exact) mass is 418 g/mol. The van der Waals surface area contributed by atoms with Crippen LogP contribution in [0.25, 0.3) is 11.4 Å². The van der Waals surface area contributed by atoms with E-state index >= 15 is 0 Å². The molecule has 3 heterocycles. The van der Waals surface area contributed by atoms with E-state index in [9.17, 15) is 9.59 Å². The van der Waals surface area contributed by atoms with Crippen LogP contribution in [-0.2, 0) is 16.1 Å². The highest BCUT2D eigenvalue weighted by Gasteiger charge is 2.55. The first-order chi connectivity index (χ1) is 15.0. The van der Waals surface area contributed by atoms with E-state index in [0.717, 1.165) is 16.0 Å². The number of amides is 2. The molecule has 5 rings (SSSR count). The number of fused-ring (bicyclic) bond motifs is 1.